The van der Waals surface area contributed by atoms with Crippen LogP contribution in [-0.4, -0.2) is 23.9 Å². The van der Waals surface area contributed by atoms with Gasteiger partial charge in [-0.15, -0.1) is 0 Å². The van der Waals surface area contributed by atoms with Gasteiger partial charge >= 0.3 is 0 Å². The van der Waals surface area contributed by atoms with E-state index in [4.69, 9.17) is 0 Å². The maximum Gasteiger partial charge on any atom is 0.224 e. The van der Waals surface area contributed by atoms with E-state index in [0.29, 0.717) is 12.3 Å². The molecule has 0 spiro atoms. The van der Waals surface area contributed by atoms with Crippen LogP contribution in [0.3, 0.4) is 0 Å². The van der Waals surface area contributed by atoms with E-state index in [-0.39, 0.29) is 5.91 Å². The molecular formula is C20H30N2O. The molecule has 23 heavy (non-hydrogen) atoms. The number of amides is 1. The minimum absolute atomic E-state index is 0.176. The number of likely N-dealkylation sites (tertiary alicyclic amines) is 1. The Morgan fingerprint density at radius 1 is 1.09 bits per heavy atom. The minimum atomic E-state index is 0.176. The Bertz CT molecular complexity index is 497. The number of rotatable bonds is 5. The highest BCUT2D eigenvalue weighted by Gasteiger charge is 2.18. The number of carbonyl (C=O) groups excluding carboxylic acids is 1. The Morgan fingerprint density at radius 2 is 1.74 bits per heavy atom. The molecule has 1 aliphatic carbocycles. The van der Waals surface area contributed by atoms with Crippen molar-refractivity contribution in [2.24, 2.45) is 11.8 Å². The van der Waals surface area contributed by atoms with Crippen LogP contribution < -0.4 is 5.32 Å². The molecule has 1 saturated carbocycles. The molecule has 1 aromatic rings. The Balaban J connectivity index is 1.45. The fourth-order valence-electron chi connectivity index (χ4n) is 3.86. The Labute approximate surface area is 140 Å². The minimum Gasteiger partial charge on any atom is -0.326 e. The molecule has 126 valence electrons. The van der Waals surface area contributed by atoms with Gasteiger partial charge in [0.25, 0.3) is 0 Å². The van der Waals surface area contributed by atoms with E-state index >= 15 is 0 Å². The summed E-state index contributed by atoms with van der Waals surface area (Å²) in [6, 6.07) is 8.41. The van der Waals surface area contributed by atoms with Crippen LogP contribution in [0.4, 0.5) is 5.69 Å². The lowest BCUT2D eigenvalue weighted by atomic mass is 9.99. The third-order valence-corrected chi connectivity index (χ3v) is 5.47. The molecule has 0 atom stereocenters. The summed E-state index contributed by atoms with van der Waals surface area (Å²) in [6.07, 6.45) is 8.35. The van der Waals surface area contributed by atoms with Crippen LogP contribution in [0.1, 0.15) is 57.4 Å². The standard InChI is InChI=1S/C20H30N2O/c1-16-10-12-22(13-11-16)15-18-6-8-19(9-7-18)21-20(23)14-17-4-2-3-5-17/h6-9,16-17H,2-5,10-15H2,1H3,(H,21,23). The van der Waals surface area contributed by atoms with Crippen molar-refractivity contribution in [2.75, 3.05) is 18.4 Å². The van der Waals surface area contributed by atoms with E-state index in [1.165, 1.54) is 57.2 Å². The highest BCUT2D eigenvalue weighted by atomic mass is 16.1. The monoisotopic (exact) mass is 314 g/mol. The van der Waals surface area contributed by atoms with Crippen LogP contribution in [0.2, 0.25) is 0 Å². The van der Waals surface area contributed by atoms with Crippen LogP contribution in [0.15, 0.2) is 24.3 Å². The molecule has 2 fully saturated rings. The van der Waals surface area contributed by atoms with Gasteiger partial charge in [0.1, 0.15) is 0 Å². The summed E-state index contributed by atoms with van der Waals surface area (Å²) in [7, 11) is 0. The predicted molar refractivity (Wildman–Crippen MR) is 95.3 cm³/mol. The normalized spacial score (nSPS) is 20.7. The molecule has 1 N–H and O–H groups in total. The van der Waals surface area contributed by atoms with Crippen LogP contribution in [-0.2, 0) is 11.3 Å². The quantitative estimate of drug-likeness (QED) is 0.871. The zero-order valence-corrected chi connectivity index (χ0v) is 14.4. The second kappa shape index (κ2) is 7.96. The molecule has 2 aliphatic rings. The topological polar surface area (TPSA) is 32.3 Å². The third kappa shape index (κ3) is 5.07. The first-order valence-electron chi connectivity index (χ1n) is 9.30. The maximum atomic E-state index is 12.1. The average molecular weight is 314 g/mol. The fraction of sp³-hybridized carbons (Fsp3) is 0.650. The summed E-state index contributed by atoms with van der Waals surface area (Å²) in [5.74, 6) is 1.66. The molecule has 1 saturated heterocycles. The molecule has 3 nitrogen and oxygen atoms in total. The molecule has 3 heteroatoms. The second-order valence-electron chi connectivity index (χ2n) is 7.56. The number of benzene rings is 1. The summed E-state index contributed by atoms with van der Waals surface area (Å²) in [4.78, 5) is 14.6. The first-order valence-corrected chi connectivity index (χ1v) is 9.30. The van der Waals surface area contributed by atoms with Crippen molar-refractivity contribution in [1.29, 1.82) is 0 Å². The highest BCUT2D eigenvalue weighted by molar-refractivity contribution is 5.90. The largest absolute Gasteiger partial charge is 0.326 e. The number of nitrogens with zero attached hydrogens (tertiary/aromatic N) is 1. The van der Waals surface area contributed by atoms with Crippen LogP contribution >= 0.6 is 0 Å². The van der Waals surface area contributed by atoms with E-state index in [0.717, 1.165) is 18.2 Å². The lowest BCUT2D eigenvalue weighted by Crippen LogP contribution is -2.32. The molecule has 0 unspecified atom stereocenters. The lowest BCUT2D eigenvalue weighted by molar-refractivity contribution is -0.117. The molecule has 0 aromatic heterocycles. The number of hydrogen-bond acceptors (Lipinski definition) is 2. The Morgan fingerprint density at radius 3 is 2.39 bits per heavy atom. The molecule has 1 heterocycles. The van der Waals surface area contributed by atoms with Crippen LogP contribution in [0.25, 0.3) is 0 Å². The van der Waals surface area contributed by atoms with Crippen molar-refractivity contribution in [1.82, 2.24) is 4.90 Å². The average Bonchev–Trinajstić information content (AvgIpc) is 3.04. The van der Waals surface area contributed by atoms with Gasteiger partial charge in [-0.2, -0.15) is 0 Å². The van der Waals surface area contributed by atoms with E-state index < -0.39 is 0 Å². The summed E-state index contributed by atoms with van der Waals surface area (Å²) in [6.45, 7) is 5.80. The van der Waals surface area contributed by atoms with Gasteiger partial charge in [-0.05, 0) is 68.3 Å². The first kappa shape index (κ1) is 16.5. The van der Waals surface area contributed by atoms with Crippen molar-refractivity contribution < 1.29 is 4.79 Å². The van der Waals surface area contributed by atoms with Gasteiger partial charge in [0.15, 0.2) is 0 Å². The van der Waals surface area contributed by atoms with E-state index in [1.807, 2.05) is 0 Å². The van der Waals surface area contributed by atoms with Crippen LogP contribution in [0.5, 0.6) is 0 Å². The highest BCUT2D eigenvalue weighted by Crippen LogP contribution is 2.27. The molecule has 3 rings (SSSR count). The van der Waals surface area contributed by atoms with E-state index in [1.54, 1.807) is 0 Å². The smallest absolute Gasteiger partial charge is 0.224 e. The van der Waals surface area contributed by atoms with Gasteiger partial charge in [0, 0.05) is 18.7 Å². The van der Waals surface area contributed by atoms with E-state index in [2.05, 4.69) is 41.4 Å². The zero-order valence-electron chi connectivity index (χ0n) is 14.4. The molecule has 0 bridgehead atoms. The van der Waals surface area contributed by atoms with Gasteiger partial charge in [0.2, 0.25) is 5.91 Å². The first-order chi connectivity index (χ1) is 11.2. The second-order valence-corrected chi connectivity index (χ2v) is 7.56. The number of carbonyl (C=O) groups is 1. The molecular weight excluding hydrogens is 284 g/mol. The van der Waals surface area contributed by atoms with Gasteiger partial charge in [-0.1, -0.05) is 31.9 Å². The number of hydrogen-bond donors (Lipinski definition) is 1. The number of nitrogens with one attached hydrogen (secondary N) is 1. The van der Waals surface area contributed by atoms with Crippen molar-refractivity contribution in [3.63, 3.8) is 0 Å². The van der Waals surface area contributed by atoms with Gasteiger partial charge in [-0.3, -0.25) is 9.69 Å². The van der Waals surface area contributed by atoms with Crippen molar-refractivity contribution in [3.05, 3.63) is 29.8 Å². The Hall–Kier alpha value is -1.35. The van der Waals surface area contributed by atoms with Crippen molar-refractivity contribution >= 4 is 11.6 Å². The molecule has 1 aliphatic heterocycles. The van der Waals surface area contributed by atoms with Crippen LogP contribution in [0, 0.1) is 11.8 Å². The predicted octanol–water partition coefficient (Wildman–Crippen LogP) is 4.44. The zero-order chi connectivity index (χ0) is 16.1. The SMILES string of the molecule is CC1CCN(Cc2ccc(NC(=O)CC3CCCC3)cc2)CC1. The molecule has 1 aromatic carbocycles. The fourth-order valence-corrected chi connectivity index (χ4v) is 3.86. The van der Waals surface area contributed by atoms with E-state index in [9.17, 15) is 4.79 Å². The summed E-state index contributed by atoms with van der Waals surface area (Å²) in [5.41, 5.74) is 2.28. The molecule has 0 radical (unpaired) electrons. The van der Waals surface area contributed by atoms with Crippen molar-refractivity contribution in [2.45, 2.75) is 58.4 Å². The van der Waals surface area contributed by atoms with Gasteiger partial charge in [-0.25, -0.2) is 0 Å². The number of piperidine rings is 1. The molecule has 1 amide bonds. The van der Waals surface area contributed by atoms with Gasteiger partial charge in [0.05, 0.1) is 0 Å². The maximum absolute atomic E-state index is 12.1. The lowest BCUT2D eigenvalue weighted by Gasteiger charge is -2.30. The van der Waals surface area contributed by atoms with Gasteiger partial charge < -0.3 is 5.32 Å². The summed E-state index contributed by atoms with van der Waals surface area (Å²) < 4.78 is 0. The third-order valence-electron chi connectivity index (χ3n) is 5.47. The van der Waals surface area contributed by atoms with Crippen molar-refractivity contribution in [3.8, 4) is 0 Å². The summed E-state index contributed by atoms with van der Waals surface area (Å²) in [5, 5.41) is 3.05. The summed E-state index contributed by atoms with van der Waals surface area (Å²) >= 11 is 0. The Kier molecular flexibility index (Phi) is 5.71. The number of anilines is 1.